The molecule has 0 bridgehead atoms. The van der Waals surface area contributed by atoms with E-state index in [2.05, 4.69) is 14.3 Å². The van der Waals surface area contributed by atoms with Crippen LogP contribution in [0.1, 0.15) is 18.7 Å². The molecule has 0 aromatic carbocycles. The second kappa shape index (κ2) is 4.23. The van der Waals surface area contributed by atoms with Gasteiger partial charge in [-0.15, -0.1) is 0 Å². The zero-order valence-electron chi connectivity index (χ0n) is 8.31. The standard InChI is InChI=1S/C9H15N3OS/c1-7-10-9(14-11-7)12-4-2-8(6-12)3-5-13/h8,13H,2-6H2,1H3. The number of hydrogen-bond acceptors (Lipinski definition) is 5. The number of hydrogen-bond donors (Lipinski definition) is 1. The van der Waals surface area contributed by atoms with Crippen LogP contribution in [-0.4, -0.2) is 34.2 Å². The number of anilines is 1. The van der Waals surface area contributed by atoms with Gasteiger partial charge in [-0.05, 0) is 25.7 Å². The summed E-state index contributed by atoms with van der Waals surface area (Å²) < 4.78 is 4.17. The fourth-order valence-corrected chi connectivity index (χ4v) is 2.55. The summed E-state index contributed by atoms with van der Waals surface area (Å²) in [7, 11) is 0. The molecule has 1 N–H and O–H groups in total. The smallest absolute Gasteiger partial charge is 0.205 e. The quantitative estimate of drug-likeness (QED) is 0.815. The molecule has 0 aliphatic carbocycles. The molecule has 2 heterocycles. The van der Waals surface area contributed by atoms with Gasteiger partial charge in [0.05, 0.1) is 0 Å². The summed E-state index contributed by atoms with van der Waals surface area (Å²) in [6.45, 7) is 4.30. The van der Waals surface area contributed by atoms with Gasteiger partial charge in [-0.3, -0.25) is 0 Å². The summed E-state index contributed by atoms with van der Waals surface area (Å²) in [5, 5.41) is 9.87. The lowest BCUT2D eigenvalue weighted by molar-refractivity contribution is 0.263. The molecule has 4 nitrogen and oxygen atoms in total. The van der Waals surface area contributed by atoms with Crippen LogP contribution in [0.5, 0.6) is 0 Å². The summed E-state index contributed by atoms with van der Waals surface area (Å²) in [6, 6.07) is 0. The van der Waals surface area contributed by atoms with Gasteiger partial charge in [0.1, 0.15) is 5.82 Å². The van der Waals surface area contributed by atoms with E-state index in [0.717, 1.165) is 30.5 Å². The third-order valence-corrected chi connectivity index (χ3v) is 3.48. The third-order valence-electron chi connectivity index (χ3n) is 2.61. The van der Waals surface area contributed by atoms with Crippen molar-refractivity contribution >= 4 is 16.7 Å². The molecule has 1 saturated heterocycles. The normalized spacial score (nSPS) is 21.9. The Labute approximate surface area is 87.8 Å². The zero-order valence-corrected chi connectivity index (χ0v) is 9.13. The maximum Gasteiger partial charge on any atom is 0.205 e. The van der Waals surface area contributed by atoms with Crippen LogP contribution in [0.25, 0.3) is 0 Å². The van der Waals surface area contributed by atoms with Gasteiger partial charge in [-0.2, -0.15) is 4.37 Å². The van der Waals surface area contributed by atoms with Crippen LogP contribution < -0.4 is 4.90 Å². The van der Waals surface area contributed by atoms with Crippen LogP contribution in [0.4, 0.5) is 5.13 Å². The van der Waals surface area contributed by atoms with E-state index in [9.17, 15) is 0 Å². The van der Waals surface area contributed by atoms with Crippen LogP contribution in [0.2, 0.25) is 0 Å². The van der Waals surface area contributed by atoms with E-state index in [0.29, 0.717) is 12.5 Å². The lowest BCUT2D eigenvalue weighted by atomic mass is 10.1. The van der Waals surface area contributed by atoms with Crippen LogP contribution in [0, 0.1) is 12.8 Å². The van der Waals surface area contributed by atoms with Gasteiger partial charge in [-0.1, -0.05) is 0 Å². The number of aryl methyl sites for hydroxylation is 1. The predicted molar refractivity (Wildman–Crippen MR) is 56.7 cm³/mol. The highest BCUT2D eigenvalue weighted by molar-refractivity contribution is 7.09. The van der Waals surface area contributed by atoms with Gasteiger partial charge in [0.25, 0.3) is 0 Å². The molecule has 1 atom stereocenters. The fraction of sp³-hybridized carbons (Fsp3) is 0.778. The van der Waals surface area contributed by atoms with E-state index in [4.69, 9.17) is 5.11 Å². The molecule has 14 heavy (non-hydrogen) atoms. The SMILES string of the molecule is Cc1nsc(N2CCC(CCO)C2)n1. The predicted octanol–water partition coefficient (Wildman–Crippen LogP) is 1.06. The molecule has 1 aliphatic heterocycles. The average Bonchev–Trinajstić information content (AvgIpc) is 2.74. The molecule has 0 radical (unpaired) electrons. The van der Waals surface area contributed by atoms with Crippen molar-refractivity contribution in [3.8, 4) is 0 Å². The van der Waals surface area contributed by atoms with Crippen LogP contribution in [0.15, 0.2) is 0 Å². The Morgan fingerprint density at radius 1 is 1.64 bits per heavy atom. The third kappa shape index (κ3) is 2.04. The molecule has 1 unspecified atom stereocenters. The summed E-state index contributed by atoms with van der Waals surface area (Å²) >= 11 is 1.47. The Morgan fingerprint density at radius 3 is 3.14 bits per heavy atom. The maximum atomic E-state index is 8.84. The first kappa shape index (κ1) is 9.86. The first-order valence-corrected chi connectivity index (χ1v) is 5.73. The first-order valence-electron chi connectivity index (χ1n) is 4.95. The molecule has 0 amide bonds. The minimum absolute atomic E-state index is 0.299. The number of aromatic nitrogens is 2. The zero-order chi connectivity index (χ0) is 9.97. The van der Waals surface area contributed by atoms with E-state index in [1.165, 1.54) is 18.0 Å². The Balaban J connectivity index is 1.95. The van der Waals surface area contributed by atoms with E-state index >= 15 is 0 Å². The highest BCUT2D eigenvalue weighted by Crippen LogP contribution is 2.26. The number of aliphatic hydroxyl groups is 1. The number of aliphatic hydroxyl groups excluding tert-OH is 1. The van der Waals surface area contributed by atoms with Gasteiger partial charge >= 0.3 is 0 Å². The van der Waals surface area contributed by atoms with E-state index < -0.39 is 0 Å². The minimum Gasteiger partial charge on any atom is -0.396 e. The van der Waals surface area contributed by atoms with Gasteiger partial charge in [0, 0.05) is 31.2 Å². The van der Waals surface area contributed by atoms with E-state index in [-0.39, 0.29) is 0 Å². The summed E-state index contributed by atoms with van der Waals surface area (Å²) in [6.07, 6.45) is 2.08. The van der Waals surface area contributed by atoms with Crippen molar-refractivity contribution < 1.29 is 5.11 Å². The lowest BCUT2D eigenvalue weighted by Crippen LogP contribution is -2.19. The van der Waals surface area contributed by atoms with Crippen molar-refractivity contribution in [2.75, 3.05) is 24.6 Å². The molecule has 5 heteroatoms. The van der Waals surface area contributed by atoms with Crippen LogP contribution in [0.3, 0.4) is 0 Å². The van der Waals surface area contributed by atoms with Crippen molar-refractivity contribution in [1.29, 1.82) is 0 Å². The topological polar surface area (TPSA) is 49.2 Å². The van der Waals surface area contributed by atoms with Crippen molar-refractivity contribution in [2.45, 2.75) is 19.8 Å². The molecule has 1 aromatic rings. The van der Waals surface area contributed by atoms with Gasteiger partial charge in [-0.25, -0.2) is 4.98 Å². The van der Waals surface area contributed by atoms with E-state index in [1.807, 2.05) is 6.92 Å². The number of rotatable bonds is 3. The van der Waals surface area contributed by atoms with Gasteiger partial charge in [0.2, 0.25) is 5.13 Å². The molecule has 0 spiro atoms. The second-order valence-corrected chi connectivity index (χ2v) is 4.47. The molecule has 78 valence electrons. The maximum absolute atomic E-state index is 8.84. The molecular formula is C9H15N3OS. The summed E-state index contributed by atoms with van der Waals surface area (Å²) in [5.74, 6) is 1.49. The Morgan fingerprint density at radius 2 is 2.50 bits per heavy atom. The Hall–Kier alpha value is -0.680. The lowest BCUT2D eigenvalue weighted by Gasteiger charge is -2.13. The monoisotopic (exact) mass is 213 g/mol. The molecule has 1 fully saturated rings. The van der Waals surface area contributed by atoms with Gasteiger partial charge < -0.3 is 10.0 Å². The van der Waals surface area contributed by atoms with Crippen molar-refractivity contribution in [2.24, 2.45) is 5.92 Å². The second-order valence-electron chi connectivity index (χ2n) is 3.74. The largest absolute Gasteiger partial charge is 0.396 e. The summed E-state index contributed by atoms with van der Waals surface area (Å²) in [5.41, 5.74) is 0. The van der Waals surface area contributed by atoms with Crippen LogP contribution in [-0.2, 0) is 0 Å². The Bertz CT molecular complexity index is 302. The molecule has 0 saturated carbocycles. The summed E-state index contributed by atoms with van der Waals surface area (Å²) in [4.78, 5) is 6.63. The molecule has 1 aliphatic rings. The number of nitrogens with zero attached hydrogens (tertiary/aromatic N) is 3. The molecule has 1 aromatic heterocycles. The average molecular weight is 213 g/mol. The van der Waals surface area contributed by atoms with Crippen molar-refractivity contribution in [3.05, 3.63) is 5.82 Å². The molecule has 2 rings (SSSR count). The fourth-order valence-electron chi connectivity index (χ4n) is 1.84. The van der Waals surface area contributed by atoms with Gasteiger partial charge in [0.15, 0.2) is 0 Å². The van der Waals surface area contributed by atoms with Crippen LogP contribution >= 0.6 is 11.5 Å². The van der Waals surface area contributed by atoms with E-state index in [1.54, 1.807) is 0 Å². The minimum atomic E-state index is 0.299. The Kier molecular flexibility index (Phi) is 2.98. The van der Waals surface area contributed by atoms with Crippen molar-refractivity contribution in [1.82, 2.24) is 9.36 Å². The highest BCUT2D eigenvalue weighted by atomic mass is 32.1. The van der Waals surface area contributed by atoms with Crippen molar-refractivity contribution in [3.63, 3.8) is 0 Å². The highest BCUT2D eigenvalue weighted by Gasteiger charge is 2.24. The first-order chi connectivity index (χ1) is 6.79. The molecular weight excluding hydrogens is 198 g/mol.